The molecule has 2 aromatic heterocycles. The molecule has 6 nitrogen and oxygen atoms in total. The molecule has 0 aromatic carbocycles. The van der Waals surface area contributed by atoms with Crippen molar-refractivity contribution in [1.29, 1.82) is 5.26 Å². The molecule has 0 aliphatic heterocycles. The lowest BCUT2D eigenvalue weighted by molar-refractivity contribution is 1.19. The zero-order valence-electron chi connectivity index (χ0n) is 7.10. The average Bonchev–Trinajstić information content (AvgIpc) is 2.87. The standard InChI is InChI=1S/C8H6N6/c9-5-14-6(7-10-1-2-11-7)8-12-3-4-13-8/h1-4H,(H,10,11)(H,12,13). The summed E-state index contributed by atoms with van der Waals surface area (Å²) in [6.45, 7) is 0. The maximum atomic E-state index is 8.51. The first-order chi connectivity index (χ1) is 6.92. The van der Waals surface area contributed by atoms with E-state index in [0.29, 0.717) is 17.4 Å². The van der Waals surface area contributed by atoms with Crippen molar-refractivity contribution in [3.8, 4) is 6.19 Å². The summed E-state index contributed by atoms with van der Waals surface area (Å²) >= 11 is 0. The van der Waals surface area contributed by atoms with Gasteiger partial charge in [-0.1, -0.05) is 0 Å². The van der Waals surface area contributed by atoms with Crippen molar-refractivity contribution in [2.24, 2.45) is 4.99 Å². The third kappa shape index (κ3) is 1.38. The zero-order valence-corrected chi connectivity index (χ0v) is 7.10. The smallest absolute Gasteiger partial charge is 0.206 e. The van der Waals surface area contributed by atoms with Crippen LogP contribution < -0.4 is 0 Å². The predicted molar refractivity (Wildman–Crippen MR) is 48.4 cm³/mol. The minimum Gasteiger partial charge on any atom is -0.343 e. The van der Waals surface area contributed by atoms with E-state index >= 15 is 0 Å². The van der Waals surface area contributed by atoms with Gasteiger partial charge in [0.25, 0.3) is 0 Å². The van der Waals surface area contributed by atoms with Gasteiger partial charge in [0, 0.05) is 24.8 Å². The normalized spacial score (nSPS) is 9.36. The maximum absolute atomic E-state index is 8.51. The predicted octanol–water partition coefficient (Wildman–Crippen LogP) is 0.451. The molecule has 0 amide bonds. The van der Waals surface area contributed by atoms with Gasteiger partial charge in [-0.2, -0.15) is 10.3 Å². The molecule has 6 heteroatoms. The van der Waals surface area contributed by atoms with Crippen LogP contribution in [0.2, 0.25) is 0 Å². The van der Waals surface area contributed by atoms with Crippen LogP contribution in [-0.2, 0) is 0 Å². The minimum absolute atomic E-state index is 0.405. The lowest BCUT2D eigenvalue weighted by atomic mass is 10.3. The van der Waals surface area contributed by atoms with E-state index in [-0.39, 0.29) is 0 Å². The second kappa shape index (κ2) is 3.53. The Morgan fingerprint density at radius 3 is 2.14 bits per heavy atom. The molecule has 0 fully saturated rings. The number of hydrogen-bond acceptors (Lipinski definition) is 4. The maximum Gasteiger partial charge on any atom is 0.206 e. The Morgan fingerprint density at radius 2 is 1.79 bits per heavy atom. The van der Waals surface area contributed by atoms with Crippen LogP contribution in [0.25, 0.3) is 0 Å². The molecule has 0 saturated heterocycles. The quantitative estimate of drug-likeness (QED) is 0.526. The summed E-state index contributed by atoms with van der Waals surface area (Å²) < 4.78 is 0. The van der Waals surface area contributed by atoms with E-state index in [2.05, 4.69) is 24.9 Å². The Morgan fingerprint density at radius 1 is 1.21 bits per heavy atom. The number of H-pyrrole nitrogens is 2. The van der Waals surface area contributed by atoms with E-state index in [0.717, 1.165) is 0 Å². The minimum atomic E-state index is 0.405. The van der Waals surface area contributed by atoms with Crippen molar-refractivity contribution in [3.05, 3.63) is 36.4 Å². The fourth-order valence-corrected chi connectivity index (χ4v) is 1.06. The third-order valence-electron chi connectivity index (χ3n) is 1.61. The first-order valence-electron chi connectivity index (χ1n) is 3.88. The molecule has 2 aromatic rings. The molecule has 2 N–H and O–H groups in total. The summed E-state index contributed by atoms with van der Waals surface area (Å²) in [7, 11) is 0. The molecule has 0 bridgehead atoms. The van der Waals surface area contributed by atoms with Crippen molar-refractivity contribution < 1.29 is 0 Å². The van der Waals surface area contributed by atoms with Crippen molar-refractivity contribution in [2.45, 2.75) is 0 Å². The van der Waals surface area contributed by atoms with Gasteiger partial charge in [-0.05, 0) is 0 Å². The summed E-state index contributed by atoms with van der Waals surface area (Å²) in [5.41, 5.74) is 0.405. The van der Waals surface area contributed by atoms with E-state index in [1.54, 1.807) is 31.0 Å². The number of aromatic nitrogens is 4. The molecule has 0 unspecified atom stereocenters. The third-order valence-corrected chi connectivity index (χ3v) is 1.61. The molecule has 0 aliphatic carbocycles. The molecule has 2 rings (SSSR count). The Labute approximate surface area is 79.4 Å². The van der Waals surface area contributed by atoms with Crippen LogP contribution >= 0.6 is 0 Å². The van der Waals surface area contributed by atoms with Crippen LogP contribution in [0.5, 0.6) is 0 Å². The molecule has 0 atom stereocenters. The number of nitrogens with zero attached hydrogens (tertiary/aromatic N) is 4. The van der Waals surface area contributed by atoms with E-state index in [4.69, 9.17) is 5.26 Å². The zero-order chi connectivity index (χ0) is 9.80. The van der Waals surface area contributed by atoms with Gasteiger partial charge in [-0.3, -0.25) is 0 Å². The van der Waals surface area contributed by atoms with Crippen LogP contribution in [0.3, 0.4) is 0 Å². The molecular formula is C8H6N6. The Bertz CT molecular complexity index is 422. The largest absolute Gasteiger partial charge is 0.343 e. The van der Waals surface area contributed by atoms with Crippen molar-refractivity contribution in [1.82, 2.24) is 19.9 Å². The van der Waals surface area contributed by atoms with Crippen molar-refractivity contribution in [3.63, 3.8) is 0 Å². The number of rotatable bonds is 2. The molecule has 2 heterocycles. The number of aromatic amines is 2. The fourth-order valence-electron chi connectivity index (χ4n) is 1.06. The lowest BCUT2D eigenvalue weighted by Crippen LogP contribution is -2.07. The average molecular weight is 186 g/mol. The number of nitriles is 1. The van der Waals surface area contributed by atoms with Crippen LogP contribution in [0.1, 0.15) is 11.6 Å². The first-order valence-corrected chi connectivity index (χ1v) is 3.88. The summed E-state index contributed by atoms with van der Waals surface area (Å²) in [5.74, 6) is 1.03. The Hall–Kier alpha value is -2.42. The first kappa shape index (κ1) is 8.19. The summed E-state index contributed by atoms with van der Waals surface area (Å²) in [6.07, 6.45) is 8.21. The van der Waals surface area contributed by atoms with Crippen LogP contribution in [0.4, 0.5) is 0 Å². The summed E-state index contributed by atoms with van der Waals surface area (Å²) in [6, 6.07) is 0. The van der Waals surface area contributed by atoms with Gasteiger partial charge in [0.05, 0.1) is 0 Å². The molecule has 0 saturated carbocycles. The van der Waals surface area contributed by atoms with E-state index in [1.165, 1.54) is 0 Å². The number of nitrogens with one attached hydrogen (secondary N) is 2. The fraction of sp³-hybridized carbons (Fsp3) is 0. The highest BCUT2D eigenvalue weighted by molar-refractivity contribution is 6.08. The van der Waals surface area contributed by atoms with E-state index in [1.807, 2.05) is 0 Å². The van der Waals surface area contributed by atoms with Crippen LogP contribution in [0.15, 0.2) is 29.8 Å². The van der Waals surface area contributed by atoms with Gasteiger partial charge in [-0.15, -0.1) is 0 Å². The lowest BCUT2D eigenvalue weighted by Gasteiger charge is -1.95. The van der Waals surface area contributed by atoms with Gasteiger partial charge in [-0.25, -0.2) is 9.97 Å². The van der Waals surface area contributed by atoms with Gasteiger partial charge in [0.2, 0.25) is 6.19 Å². The van der Waals surface area contributed by atoms with E-state index < -0.39 is 0 Å². The van der Waals surface area contributed by atoms with E-state index in [9.17, 15) is 0 Å². The summed E-state index contributed by atoms with van der Waals surface area (Å²) in [4.78, 5) is 17.3. The molecule has 68 valence electrons. The van der Waals surface area contributed by atoms with Crippen molar-refractivity contribution >= 4 is 5.71 Å². The highest BCUT2D eigenvalue weighted by Gasteiger charge is 2.10. The molecular weight excluding hydrogens is 180 g/mol. The number of aliphatic imine (C=N–C) groups is 1. The van der Waals surface area contributed by atoms with Gasteiger partial charge >= 0.3 is 0 Å². The van der Waals surface area contributed by atoms with Gasteiger partial charge in [0.1, 0.15) is 0 Å². The molecule has 14 heavy (non-hydrogen) atoms. The summed E-state index contributed by atoms with van der Waals surface area (Å²) in [5, 5.41) is 8.51. The molecule has 0 spiro atoms. The topological polar surface area (TPSA) is 93.5 Å². The second-order valence-corrected chi connectivity index (χ2v) is 2.44. The van der Waals surface area contributed by atoms with Crippen LogP contribution in [-0.4, -0.2) is 25.6 Å². The monoisotopic (exact) mass is 186 g/mol. The van der Waals surface area contributed by atoms with Crippen molar-refractivity contribution in [2.75, 3.05) is 0 Å². The Balaban J connectivity index is 2.47. The van der Waals surface area contributed by atoms with Crippen LogP contribution in [0, 0.1) is 11.5 Å². The highest BCUT2D eigenvalue weighted by atomic mass is 15.0. The number of imidazole rings is 2. The number of hydrogen-bond donors (Lipinski definition) is 2. The molecule has 0 radical (unpaired) electrons. The highest BCUT2D eigenvalue weighted by Crippen LogP contribution is 2.01. The van der Waals surface area contributed by atoms with Gasteiger partial charge < -0.3 is 9.97 Å². The molecule has 0 aliphatic rings. The Kier molecular flexibility index (Phi) is 2.07. The van der Waals surface area contributed by atoms with Gasteiger partial charge in [0.15, 0.2) is 17.4 Å². The second-order valence-electron chi connectivity index (χ2n) is 2.44. The SMILES string of the molecule is N#CN=C(c1ncc[nH]1)c1ncc[nH]1.